The van der Waals surface area contributed by atoms with Crippen molar-refractivity contribution in [2.75, 3.05) is 23.7 Å². The Bertz CT molecular complexity index is 681. The van der Waals surface area contributed by atoms with E-state index in [1.165, 1.54) is 11.2 Å². The molecule has 0 radical (unpaired) electrons. The molecule has 134 valence electrons. The number of hydrogen-bond donors (Lipinski definition) is 2. The fraction of sp³-hybridized carbons (Fsp3) is 0.389. The van der Waals surface area contributed by atoms with Crippen molar-refractivity contribution >= 4 is 23.4 Å². The van der Waals surface area contributed by atoms with Gasteiger partial charge in [0.25, 0.3) is 0 Å². The van der Waals surface area contributed by atoms with Gasteiger partial charge in [0.05, 0.1) is 0 Å². The quantitative estimate of drug-likeness (QED) is 0.805. The average Bonchev–Trinajstić information content (AvgIpc) is 3.06. The second kappa shape index (κ2) is 8.86. The second-order valence-electron chi connectivity index (χ2n) is 6.33. The molecule has 0 unspecified atom stereocenters. The lowest BCUT2D eigenvalue weighted by molar-refractivity contribution is -0.116. The van der Waals surface area contributed by atoms with E-state index in [1.54, 1.807) is 6.07 Å². The highest BCUT2D eigenvalue weighted by atomic mass is 16.5. The van der Waals surface area contributed by atoms with E-state index in [-0.39, 0.29) is 18.5 Å². The lowest BCUT2D eigenvalue weighted by atomic mass is 10.1. The minimum absolute atomic E-state index is 0.0583. The van der Waals surface area contributed by atoms with E-state index in [0.29, 0.717) is 24.0 Å². The van der Waals surface area contributed by atoms with Crippen molar-refractivity contribution in [3.05, 3.63) is 42.2 Å². The Kier molecular flexibility index (Phi) is 6.56. The summed E-state index contributed by atoms with van der Waals surface area (Å²) in [4.78, 5) is 26.2. The minimum Gasteiger partial charge on any atom is -0.363 e. The zero-order chi connectivity index (χ0) is 18.2. The third-order valence-corrected chi connectivity index (χ3v) is 3.61. The van der Waals surface area contributed by atoms with Gasteiger partial charge in [0.2, 0.25) is 5.91 Å². The molecule has 0 bridgehead atoms. The number of rotatable bonds is 7. The summed E-state index contributed by atoms with van der Waals surface area (Å²) in [7, 11) is 0. The molecular weight excluding hydrogens is 320 g/mol. The van der Waals surface area contributed by atoms with Gasteiger partial charge in [-0.1, -0.05) is 36.7 Å². The summed E-state index contributed by atoms with van der Waals surface area (Å²) < 4.78 is 4.68. The van der Waals surface area contributed by atoms with E-state index in [0.717, 1.165) is 12.0 Å². The first-order valence-electron chi connectivity index (χ1n) is 8.27. The SMILES string of the molecule is Cc1ccc(NC(=O)N(CCC(C)C)CC(=O)Nc2ccon2)cc1. The monoisotopic (exact) mass is 344 g/mol. The maximum Gasteiger partial charge on any atom is 0.322 e. The molecule has 0 saturated carbocycles. The highest BCUT2D eigenvalue weighted by Gasteiger charge is 2.18. The molecule has 1 aromatic carbocycles. The van der Waals surface area contributed by atoms with E-state index < -0.39 is 0 Å². The Morgan fingerprint density at radius 3 is 2.48 bits per heavy atom. The zero-order valence-corrected chi connectivity index (χ0v) is 14.8. The van der Waals surface area contributed by atoms with Gasteiger partial charge in [-0.05, 0) is 31.4 Å². The first-order valence-corrected chi connectivity index (χ1v) is 8.27. The summed E-state index contributed by atoms with van der Waals surface area (Å²) in [6.45, 7) is 6.56. The van der Waals surface area contributed by atoms with Crippen LogP contribution in [0.15, 0.2) is 41.1 Å². The molecule has 2 aromatic rings. The van der Waals surface area contributed by atoms with Crippen LogP contribution in [0.4, 0.5) is 16.3 Å². The Morgan fingerprint density at radius 1 is 1.16 bits per heavy atom. The normalized spacial score (nSPS) is 10.6. The summed E-state index contributed by atoms with van der Waals surface area (Å²) in [5.41, 5.74) is 1.81. The fourth-order valence-electron chi connectivity index (χ4n) is 2.14. The molecule has 2 rings (SSSR count). The summed E-state index contributed by atoms with van der Waals surface area (Å²) in [6, 6.07) is 8.76. The summed E-state index contributed by atoms with van der Waals surface area (Å²) in [6.07, 6.45) is 2.18. The third kappa shape index (κ3) is 6.29. The molecule has 0 aliphatic heterocycles. The van der Waals surface area contributed by atoms with Crippen LogP contribution in [-0.4, -0.2) is 35.1 Å². The van der Waals surface area contributed by atoms with Crippen LogP contribution in [0, 0.1) is 12.8 Å². The van der Waals surface area contributed by atoms with Crippen LogP contribution in [-0.2, 0) is 4.79 Å². The van der Waals surface area contributed by atoms with Crippen molar-refractivity contribution in [2.24, 2.45) is 5.92 Å². The predicted molar refractivity (Wildman–Crippen MR) is 96.4 cm³/mol. The van der Waals surface area contributed by atoms with Gasteiger partial charge < -0.3 is 20.1 Å². The lowest BCUT2D eigenvalue weighted by Crippen LogP contribution is -2.41. The summed E-state index contributed by atoms with van der Waals surface area (Å²) in [5.74, 6) is 0.428. The van der Waals surface area contributed by atoms with Gasteiger partial charge in [-0.15, -0.1) is 0 Å². The zero-order valence-electron chi connectivity index (χ0n) is 14.8. The van der Waals surface area contributed by atoms with Gasteiger partial charge in [0.1, 0.15) is 12.8 Å². The molecule has 3 amide bonds. The molecule has 0 spiro atoms. The average molecular weight is 344 g/mol. The number of amides is 3. The molecule has 0 fully saturated rings. The lowest BCUT2D eigenvalue weighted by Gasteiger charge is -2.23. The van der Waals surface area contributed by atoms with Crippen molar-refractivity contribution < 1.29 is 14.1 Å². The van der Waals surface area contributed by atoms with Gasteiger partial charge in [-0.25, -0.2) is 4.79 Å². The van der Waals surface area contributed by atoms with Crippen molar-refractivity contribution in [3.63, 3.8) is 0 Å². The van der Waals surface area contributed by atoms with Crippen molar-refractivity contribution in [3.8, 4) is 0 Å². The second-order valence-corrected chi connectivity index (χ2v) is 6.33. The van der Waals surface area contributed by atoms with Gasteiger partial charge >= 0.3 is 6.03 Å². The Hall–Kier alpha value is -2.83. The van der Waals surface area contributed by atoms with E-state index in [9.17, 15) is 9.59 Å². The maximum absolute atomic E-state index is 12.5. The Morgan fingerprint density at radius 2 is 1.88 bits per heavy atom. The third-order valence-electron chi connectivity index (χ3n) is 3.61. The van der Waals surface area contributed by atoms with Crippen molar-refractivity contribution in [1.82, 2.24) is 10.1 Å². The van der Waals surface area contributed by atoms with E-state index in [1.807, 2.05) is 31.2 Å². The Labute approximate surface area is 147 Å². The van der Waals surface area contributed by atoms with E-state index in [2.05, 4.69) is 34.2 Å². The number of carbonyl (C=O) groups is 2. The molecule has 1 heterocycles. The molecule has 25 heavy (non-hydrogen) atoms. The molecule has 0 atom stereocenters. The van der Waals surface area contributed by atoms with E-state index in [4.69, 9.17) is 0 Å². The molecule has 7 heteroatoms. The first kappa shape index (κ1) is 18.5. The van der Waals surface area contributed by atoms with Gasteiger partial charge in [-0.2, -0.15) is 0 Å². The molecular formula is C18H24N4O3. The number of aryl methyl sites for hydroxylation is 1. The van der Waals surface area contributed by atoms with Crippen molar-refractivity contribution in [1.29, 1.82) is 0 Å². The van der Waals surface area contributed by atoms with Gasteiger partial charge in [0.15, 0.2) is 5.82 Å². The molecule has 7 nitrogen and oxygen atoms in total. The molecule has 0 saturated heterocycles. The van der Waals surface area contributed by atoms with E-state index >= 15 is 0 Å². The number of anilines is 2. The van der Waals surface area contributed by atoms with Crippen LogP contribution in [0.2, 0.25) is 0 Å². The topological polar surface area (TPSA) is 87.5 Å². The number of nitrogens with zero attached hydrogens (tertiary/aromatic N) is 2. The number of carbonyl (C=O) groups excluding carboxylic acids is 2. The molecule has 1 aromatic heterocycles. The molecule has 0 aliphatic rings. The van der Waals surface area contributed by atoms with Crippen molar-refractivity contribution in [2.45, 2.75) is 27.2 Å². The van der Waals surface area contributed by atoms with Crippen LogP contribution >= 0.6 is 0 Å². The molecule has 0 aliphatic carbocycles. The molecule has 2 N–H and O–H groups in total. The number of nitrogens with one attached hydrogen (secondary N) is 2. The van der Waals surface area contributed by atoms with Gasteiger partial charge in [0, 0.05) is 18.3 Å². The number of aromatic nitrogens is 1. The maximum atomic E-state index is 12.5. The number of hydrogen-bond acceptors (Lipinski definition) is 4. The van der Waals surface area contributed by atoms with Crippen LogP contribution in [0.1, 0.15) is 25.8 Å². The summed E-state index contributed by atoms with van der Waals surface area (Å²) >= 11 is 0. The highest BCUT2D eigenvalue weighted by molar-refractivity contribution is 5.96. The van der Waals surface area contributed by atoms with Crippen LogP contribution in [0.3, 0.4) is 0 Å². The van der Waals surface area contributed by atoms with Crippen LogP contribution in [0.5, 0.6) is 0 Å². The number of urea groups is 1. The summed E-state index contributed by atoms with van der Waals surface area (Å²) in [5, 5.41) is 9.06. The number of benzene rings is 1. The largest absolute Gasteiger partial charge is 0.363 e. The first-order chi connectivity index (χ1) is 11.9. The predicted octanol–water partition coefficient (Wildman–Crippen LogP) is 3.50. The van der Waals surface area contributed by atoms with Gasteiger partial charge in [-0.3, -0.25) is 4.79 Å². The van der Waals surface area contributed by atoms with Crippen LogP contribution < -0.4 is 10.6 Å². The minimum atomic E-state index is -0.322. The highest BCUT2D eigenvalue weighted by Crippen LogP contribution is 2.11. The smallest absolute Gasteiger partial charge is 0.322 e. The standard InChI is InChI=1S/C18H24N4O3/c1-13(2)8-10-22(12-17(23)20-16-9-11-25-21-16)18(24)19-15-6-4-14(3)5-7-15/h4-7,9,11,13H,8,10,12H2,1-3H3,(H,19,24)(H,20,21,23). The Balaban J connectivity index is 1.98. The van der Waals surface area contributed by atoms with Crippen LogP contribution in [0.25, 0.3) is 0 Å². The fourth-order valence-corrected chi connectivity index (χ4v) is 2.14.